The van der Waals surface area contributed by atoms with Gasteiger partial charge in [0.05, 0.1) is 30.6 Å². The van der Waals surface area contributed by atoms with Crippen molar-refractivity contribution in [3.8, 4) is 6.07 Å². The van der Waals surface area contributed by atoms with Crippen molar-refractivity contribution < 1.29 is 0 Å². The molecule has 1 atom stereocenters. The first kappa shape index (κ1) is 14.7. The van der Waals surface area contributed by atoms with Gasteiger partial charge in [-0.1, -0.05) is 6.92 Å². The minimum absolute atomic E-state index is 0.428. The van der Waals surface area contributed by atoms with Crippen LogP contribution in [-0.2, 0) is 6.54 Å². The topological polar surface area (TPSA) is 82.7 Å². The average molecular weight is 299 g/mol. The molecule has 2 aromatic rings. The maximum absolute atomic E-state index is 8.70. The van der Waals surface area contributed by atoms with E-state index < -0.39 is 0 Å². The van der Waals surface area contributed by atoms with E-state index in [2.05, 4.69) is 38.3 Å². The molecule has 1 aliphatic heterocycles. The van der Waals surface area contributed by atoms with Crippen LogP contribution in [0.25, 0.3) is 11.0 Å². The molecule has 0 aliphatic carbocycles. The number of anilines is 1. The molecule has 22 heavy (non-hydrogen) atoms. The van der Waals surface area contributed by atoms with Crippen LogP contribution in [0.2, 0.25) is 0 Å². The molecule has 0 bridgehead atoms. The van der Waals surface area contributed by atoms with Gasteiger partial charge in [-0.15, -0.1) is 0 Å². The Morgan fingerprint density at radius 3 is 3.18 bits per heavy atom. The molecule has 0 unspecified atom stereocenters. The molecule has 1 N–H and O–H groups in total. The lowest BCUT2D eigenvalue weighted by molar-refractivity contribution is 0.277. The number of likely N-dealkylation sites (N-methyl/N-ethyl adjacent to an activating group) is 1. The Kier molecular flexibility index (Phi) is 4.49. The fraction of sp³-hybridized carbons (Fsp3) is 0.600. The summed E-state index contributed by atoms with van der Waals surface area (Å²) in [7, 11) is 0. The number of fused-ring (bicyclic) bond motifs is 1. The van der Waals surface area contributed by atoms with Crippen molar-refractivity contribution in [2.75, 3.05) is 25.0 Å². The number of aromatic nitrogens is 4. The molecule has 116 valence electrons. The third-order valence-corrected chi connectivity index (χ3v) is 4.28. The average Bonchev–Trinajstić information content (AvgIpc) is 3.17. The van der Waals surface area contributed by atoms with E-state index >= 15 is 0 Å². The van der Waals surface area contributed by atoms with Crippen molar-refractivity contribution in [3.05, 3.63) is 12.5 Å². The van der Waals surface area contributed by atoms with Gasteiger partial charge in [-0.25, -0.2) is 14.6 Å². The summed E-state index contributed by atoms with van der Waals surface area (Å²) in [6.45, 7) is 5.94. The van der Waals surface area contributed by atoms with Crippen LogP contribution in [-0.4, -0.2) is 50.3 Å². The Bertz CT molecular complexity index is 672. The molecule has 3 rings (SSSR count). The SMILES string of the molecule is CCN1CCC[C@@H]1CNc1ncnc2c1cnn2CCC#N. The fourth-order valence-corrected chi connectivity index (χ4v) is 3.11. The van der Waals surface area contributed by atoms with Crippen LogP contribution in [0.5, 0.6) is 0 Å². The third-order valence-electron chi connectivity index (χ3n) is 4.28. The van der Waals surface area contributed by atoms with Gasteiger partial charge in [0.2, 0.25) is 0 Å². The molecule has 7 heteroatoms. The molecular formula is C15H21N7. The van der Waals surface area contributed by atoms with Crippen molar-refractivity contribution in [2.24, 2.45) is 0 Å². The molecule has 7 nitrogen and oxygen atoms in total. The molecular weight excluding hydrogens is 278 g/mol. The summed E-state index contributed by atoms with van der Waals surface area (Å²) in [5, 5.41) is 17.4. The Morgan fingerprint density at radius 2 is 2.36 bits per heavy atom. The maximum atomic E-state index is 8.70. The molecule has 3 heterocycles. The number of hydrogen-bond donors (Lipinski definition) is 1. The number of likely N-dealkylation sites (tertiary alicyclic amines) is 1. The fourth-order valence-electron chi connectivity index (χ4n) is 3.11. The Balaban J connectivity index is 1.74. The number of nitriles is 1. The lowest BCUT2D eigenvalue weighted by atomic mass is 10.2. The summed E-state index contributed by atoms with van der Waals surface area (Å²) in [5.74, 6) is 0.830. The predicted octanol–water partition coefficient (Wildman–Crippen LogP) is 1.64. The first-order valence-electron chi connectivity index (χ1n) is 7.85. The van der Waals surface area contributed by atoms with Gasteiger partial charge in [0.1, 0.15) is 12.1 Å². The van der Waals surface area contributed by atoms with E-state index in [0.717, 1.165) is 29.9 Å². The van der Waals surface area contributed by atoms with E-state index in [-0.39, 0.29) is 0 Å². The zero-order valence-electron chi connectivity index (χ0n) is 12.9. The van der Waals surface area contributed by atoms with Crippen LogP contribution in [0.1, 0.15) is 26.2 Å². The molecule has 2 aromatic heterocycles. The number of hydrogen-bond acceptors (Lipinski definition) is 6. The largest absolute Gasteiger partial charge is 0.368 e. The first-order valence-corrected chi connectivity index (χ1v) is 7.85. The second kappa shape index (κ2) is 6.71. The van der Waals surface area contributed by atoms with E-state index in [1.165, 1.54) is 19.4 Å². The lowest BCUT2D eigenvalue weighted by Crippen LogP contribution is -2.34. The third kappa shape index (κ3) is 2.88. The summed E-state index contributed by atoms with van der Waals surface area (Å²) in [4.78, 5) is 11.2. The quantitative estimate of drug-likeness (QED) is 0.873. The summed E-state index contributed by atoms with van der Waals surface area (Å²) < 4.78 is 1.76. The van der Waals surface area contributed by atoms with Crippen molar-refractivity contribution in [2.45, 2.75) is 38.8 Å². The van der Waals surface area contributed by atoms with Crippen LogP contribution in [0.3, 0.4) is 0 Å². The minimum atomic E-state index is 0.428. The highest BCUT2D eigenvalue weighted by Crippen LogP contribution is 2.21. The zero-order valence-corrected chi connectivity index (χ0v) is 12.9. The lowest BCUT2D eigenvalue weighted by Gasteiger charge is -2.23. The van der Waals surface area contributed by atoms with Gasteiger partial charge in [-0.05, 0) is 25.9 Å². The summed E-state index contributed by atoms with van der Waals surface area (Å²) in [6.07, 6.45) is 6.27. The van der Waals surface area contributed by atoms with Gasteiger partial charge < -0.3 is 5.32 Å². The number of aryl methyl sites for hydroxylation is 1. The van der Waals surface area contributed by atoms with Crippen molar-refractivity contribution in [1.82, 2.24) is 24.6 Å². The first-order chi connectivity index (χ1) is 10.8. The van der Waals surface area contributed by atoms with E-state index in [4.69, 9.17) is 5.26 Å². The van der Waals surface area contributed by atoms with Crippen molar-refractivity contribution >= 4 is 16.9 Å². The monoisotopic (exact) mass is 299 g/mol. The van der Waals surface area contributed by atoms with Gasteiger partial charge in [0.25, 0.3) is 0 Å². The minimum Gasteiger partial charge on any atom is -0.368 e. The molecule has 0 spiro atoms. The highest BCUT2D eigenvalue weighted by Gasteiger charge is 2.23. The van der Waals surface area contributed by atoms with Gasteiger partial charge in [-0.3, -0.25) is 4.90 Å². The van der Waals surface area contributed by atoms with Gasteiger partial charge in [0, 0.05) is 12.6 Å². The van der Waals surface area contributed by atoms with E-state index in [1.807, 2.05) is 0 Å². The predicted molar refractivity (Wildman–Crippen MR) is 84.3 cm³/mol. The summed E-state index contributed by atoms with van der Waals surface area (Å²) in [6, 6.07) is 2.71. The number of nitrogens with zero attached hydrogens (tertiary/aromatic N) is 6. The smallest absolute Gasteiger partial charge is 0.163 e. The maximum Gasteiger partial charge on any atom is 0.163 e. The second-order valence-corrected chi connectivity index (χ2v) is 5.54. The highest BCUT2D eigenvalue weighted by molar-refractivity contribution is 5.86. The molecule has 1 saturated heterocycles. The van der Waals surface area contributed by atoms with Crippen LogP contribution < -0.4 is 5.32 Å². The van der Waals surface area contributed by atoms with Crippen LogP contribution in [0.15, 0.2) is 12.5 Å². The Labute approximate surface area is 130 Å². The zero-order chi connectivity index (χ0) is 15.4. The van der Waals surface area contributed by atoms with Crippen LogP contribution >= 0.6 is 0 Å². The Hall–Kier alpha value is -2.20. The highest BCUT2D eigenvalue weighted by atomic mass is 15.3. The van der Waals surface area contributed by atoms with E-state index in [1.54, 1.807) is 17.2 Å². The molecule has 0 saturated carbocycles. The molecule has 1 fully saturated rings. The molecule has 1 aliphatic rings. The summed E-state index contributed by atoms with van der Waals surface area (Å²) in [5.41, 5.74) is 0.784. The molecule has 0 radical (unpaired) electrons. The summed E-state index contributed by atoms with van der Waals surface area (Å²) >= 11 is 0. The van der Waals surface area contributed by atoms with Crippen molar-refractivity contribution in [1.29, 1.82) is 5.26 Å². The van der Waals surface area contributed by atoms with E-state index in [9.17, 15) is 0 Å². The molecule has 0 amide bonds. The van der Waals surface area contributed by atoms with Crippen LogP contribution in [0.4, 0.5) is 5.82 Å². The standard InChI is InChI=1S/C15H21N7/c1-2-21-7-3-5-12(21)9-17-14-13-10-20-22(8-4-6-16)15(13)19-11-18-14/h10-12H,2-5,7-9H2,1H3,(H,17,18,19)/t12-/m1/s1. The van der Waals surface area contributed by atoms with Gasteiger partial charge in [0.15, 0.2) is 5.65 Å². The van der Waals surface area contributed by atoms with Gasteiger partial charge >= 0.3 is 0 Å². The molecule has 0 aromatic carbocycles. The Morgan fingerprint density at radius 1 is 1.45 bits per heavy atom. The normalized spacial score (nSPS) is 18.6. The number of rotatable bonds is 6. The van der Waals surface area contributed by atoms with Crippen LogP contribution in [0, 0.1) is 11.3 Å². The van der Waals surface area contributed by atoms with E-state index in [0.29, 0.717) is 19.0 Å². The second-order valence-electron chi connectivity index (χ2n) is 5.54. The van der Waals surface area contributed by atoms with Crippen molar-refractivity contribution in [3.63, 3.8) is 0 Å². The van der Waals surface area contributed by atoms with Gasteiger partial charge in [-0.2, -0.15) is 10.4 Å². The number of nitrogens with one attached hydrogen (secondary N) is 1.